The number of rotatable bonds is 7. The van der Waals surface area contributed by atoms with Crippen molar-refractivity contribution < 1.29 is 9.47 Å². The summed E-state index contributed by atoms with van der Waals surface area (Å²) in [7, 11) is 3.15. The van der Waals surface area contributed by atoms with Crippen LogP contribution in [0.15, 0.2) is 54.7 Å². The normalized spacial score (nSPS) is 11.5. The average Bonchev–Trinajstić information content (AvgIpc) is 2.83. The van der Waals surface area contributed by atoms with Gasteiger partial charge in [0.1, 0.15) is 17.6 Å². The Hall–Kier alpha value is -4.09. The van der Waals surface area contributed by atoms with Crippen LogP contribution >= 0.6 is 11.6 Å². The van der Waals surface area contributed by atoms with Gasteiger partial charge in [-0.1, -0.05) is 12.1 Å². The van der Waals surface area contributed by atoms with E-state index in [4.69, 9.17) is 26.3 Å². The Labute approximate surface area is 196 Å². The van der Waals surface area contributed by atoms with E-state index in [1.807, 2.05) is 49.4 Å². The molecule has 0 radical (unpaired) electrons. The number of nitriles is 1. The molecule has 0 bridgehead atoms. The van der Waals surface area contributed by atoms with Crippen LogP contribution in [-0.2, 0) is 0 Å². The Morgan fingerprint density at radius 3 is 2.48 bits per heavy atom. The minimum Gasteiger partial charge on any atom is -0.493 e. The number of anilines is 3. The molecule has 166 valence electrons. The summed E-state index contributed by atoms with van der Waals surface area (Å²) in [4.78, 5) is 12.8. The highest BCUT2D eigenvalue weighted by atomic mass is 35.5. The minimum absolute atomic E-state index is 0.0897. The smallest absolute Gasteiger partial charge is 0.224 e. The van der Waals surface area contributed by atoms with Gasteiger partial charge in [-0.3, -0.25) is 0 Å². The maximum Gasteiger partial charge on any atom is 0.224 e. The van der Waals surface area contributed by atoms with Crippen molar-refractivity contribution in [2.24, 2.45) is 0 Å². The number of fused-ring (bicyclic) bond motifs is 1. The second kappa shape index (κ2) is 9.59. The maximum atomic E-state index is 8.91. The molecular weight excluding hydrogens is 440 g/mol. The van der Waals surface area contributed by atoms with Crippen LogP contribution in [0.4, 0.5) is 17.2 Å². The number of nitrogens with zero attached hydrogens (tertiary/aromatic N) is 4. The number of methoxy groups -OCH3 is 2. The fraction of sp³-hybridized carbons (Fsp3) is 0.167. The van der Waals surface area contributed by atoms with Gasteiger partial charge < -0.3 is 20.1 Å². The lowest BCUT2D eigenvalue weighted by Gasteiger charge is -2.18. The van der Waals surface area contributed by atoms with Gasteiger partial charge in [0.05, 0.1) is 37.7 Å². The van der Waals surface area contributed by atoms with E-state index < -0.39 is 0 Å². The molecule has 1 atom stereocenters. The van der Waals surface area contributed by atoms with Crippen LogP contribution < -0.4 is 20.1 Å². The largest absolute Gasteiger partial charge is 0.493 e. The van der Waals surface area contributed by atoms with Crippen molar-refractivity contribution in [2.45, 2.75) is 13.0 Å². The molecule has 33 heavy (non-hydrogen) atoms. The number of ether oxygens (including phenoxy) is 2. The van der Waals surface area contributed by atoms with Gasteiger partial charge in [-0.2, -0.15) is 5.26 Å². The first kappa shape index (κ1) is 22.1. The van der Waals surface area contributed by atoms with Crippen LogP contribution in [0.2, 0.25) is 5.28 Å². The summed E-state index contributed by atoms with van der Waals surface area (Å²) in [6.07, 6.45) is 1.63. The predicted molar refractivity (Wildman–Crippen MR) is 128 cm³/mol. The molecule has 2 aromatic heterocycles. The molecule has 0 fully saturated rings. The molecule has 0 aliphatic carbocycles. The number of hydrogen-bond acceptors (Lipinski definition) is 8. The van der Waals surface area contributed by atoms with Crippen molar-refractivity contribution in [1.29, 1.82) is 5.26 Å². The highest BCUT2D eigenvalue weighted by molar-refractivity contribution is 6.28. The van der Waals surface area contributed by atoms with Crippen molar-refractivity contribution in [2.75, 3.05) is 24.9 Å². The van der Waals surface area contributed by atoms with Gasteiger partial charge in [0.25, 0.3) is 0 Å². The van der Waals surface area contributed by atoms with E-state index in [2.05, 4.69) is 25.6 Å². The zero-order valence-corrected chi connectivity index (χ0v) is 19.0. The highest BCUT2D eigenvalue weighted by Crippen LogP contribution is 2.35. The van der Waals surface area contributed by atoms with E-state index in [0.717, 1.165) is 22.3 Å². The average molecular weight is 461 g/mol. The van der Waals surface area contributed by atoms with Crippen LogP contribution in [0.5, 0.6) is 11.5 Å². The summed E-state index contributed by atoms with van der Waals surface area (Å²) in [6, 6.07) is 17.0. The zero-order valence-electron chi connectivity index (χ0n) is 18.3. The monoisotopic (exact) mass is 460 g/mol. The van der Waals surface area contributed by atoms with E-state index in [1.165, 1.54) is 0 Å². The molecule has 9 heteroatoms. The minimum atomic E-state index is -0.0897. The van der Waals surface area contributed by atoms with Crippen molar-refractivity contribution in [3.63, 3.8) is 0 Å². The SMILES string of the molecule is COc1cc2nc(Cl)nc(N[C@H](C)c3cccc(Nc4ccc(C#N)nc4)c3)c2cc1OC. The topological polar surface area (TPSA) is 105 Å². The summed E-state index contributed by atoms with van der Waals surface area (Å²) in [5.41, 5.74) is 3.74. The molecule has 0 spiro atoms. The van der Waals surface area contributed by atoms with Crippen molar-refractivity contribution in [1.82, 2.24) is 15.0 Å². The van der Waals surface area contributed by atoms with E-state index in [1.54, 1.807) is 32.5 Å². The van der Waals surface area contributed by atoms with E-state index in [0.29, 0.717) is 28.5 Å². The molecular formula is C24H21ClN6O2. The van der Waals surface area contributed by atoms with Gasteiger partial charge in [-0.15, -0.1) is 0 Å². The number of pyridine rings is 1. The van der Waals surface area contributed by atoms with Crippen LogP contribution in [0.1, 0.15) is 24.2 Å². The fourth-order valence-corrected chi connectivity index (χ4v) is 3.59. The second-order valence-corrected chi connectivity index (χ2v) is 7.56. The summed E-state index contributed by atoms with van der Waals surface area (Å²) in [5, 5.41) is 16.5. The van der Waals surface area contributed by atoms with Crippen LogP contribution in [0, 0.1) is 11.3 Å². The zero-order chi connectivity index (χ0) is 23.4. The Morgan fingerprint density at radius 2 is 1.79 bits per heavy atom. The fourth-order valence-electron chi connectivity index (χ4n) is 3.41. The molecule has 0 amide bonds. The molecule has 0 unspecified atom stereocenters. The van der Waals surface area contributed by atoms with Crippen molar-refractivity contribution in [3.8, 4) is 17.6 Å². The van der Waals surface area contributed by atoms with E-state index in [-0.39, 0.29) is 11.3 Å². The van der Waals surface area contributed by atoms with Gasteiger partial charge in [0.15, 0.2) is 11.5 Å². The third-order valence-corrected chi connectivity index (χ3v) is 5.25. The molecule has 2 N–H and O–H groups in total. The molecule has 0 aliphatic rings. The molecule has 0 saturated heterocycles. The van der Waals surface area contributed by atoms with Gasteiger partial charge in [-0.25, -0.2) is 15.0 Å². The molecule has 4 rings (SSSR count). The number of benzene rings is 2. The second-order valence-electron chi connectivity index (χ2n) is 7.23. The Kier molecular flexibility index (Phi) is 6.43. The van der Waals surface area contributed by atoms with E-state index in [9.17, 15) is 0 Å². The Balaban J connectivity index is 1.61. The lowest BCUT2D eigenvalue weighted by molar-refractivity contribution is 0.356. The summed E-state index contributed by atoms with van der Waals surface area (Å²) in [5.74, 6) is 1.73. The van der Waals surface area contributed by atoms with Crippen LogP contribution in [0.25, 0.3) is 10.9 Å². The molecule has 2 heterocycles. The third kappa shape index (κ3) is 4.89. The molecule has 2 aromatic carbocycles. The highest BCUT2D eigenvalue weighted by Gasteiger charge is 2.15. The third-order valence-electron chi connectivity index (χ3n) is 5.08. The summed E-state index contributed by atoms with van der Waals surface area (Å²) in [6.45, 7) is 2.03. The Morgan fingerprint density at radius 1 is 1.00 bits per heavy atom. The summed E-state index contributed by atoms with van der Waals surface area (Å²) < 4.78 is 10.8. The quantitative estimate of drug-likeness (QED) is 0.349. The number of aromatic nitrogens is 3. The molecule has 8 nitrogen and oxygen atoms in total. The first-order valence-corrected chi connectivity index (χ1v) is 10.5. The van der Waals surface area contributed by atoms with Gasteiger partial charge in [0, 0.05) is 17.1 Å². The predicted octanol–water partition coefficient (Wildman–Crippen LogP) is 5.48. The lowest BCUT2D eigenvalue weighted by Crippen LogP contribution is -2.09. The summed E-state index contributed by atoms with van der Waals surface area (Å²) >= 11 is 6.19. The molecule has 0 saturated carbocycles. The van der Waals surface area contributed by atoms with E-state index >= 15 is 0 Å². The number of nitrogens with one attached hydrogen (secondary N) is 2. The van der Waals surface area contributed by atoms with Crippen molar-refractivity contribution >= 4 is 39.7 Å². The van der Waals surface area contributed by atoms with Gasteiger partial charge >= 0.3 is 0 Å². The van der Waals surface area contributed by atoms with Crippen LogP contribution in [0.3, 0.4) is 0 Å². The molecule has 4 aromatic rings. The maximum absolute atomic E-state index is 8.91. The van der Waals surface area contributed by atoms with Gasteiger partial charge in [-0.05, 0) is 54.4 Å². The molecule has 0 aliphatic heterocycles. The van der Waals surface area contributed by atoms with Crippen LogP contribution in [-0.4, -0.2) is 29.2 Å². The Bertz CT molecular complexity index is 1340. The van der Waals surface area contributed by atoms with Crippen molar-refractivity contribution in [3.05, 3.63) is 71.3 Å². The standard InChI is InChI=1S/C24H21ClN6O2/c1-14(15-5-4-6-16(9-15)29-18-8-7-17(12-26)27-13-18)28-23-19-10-21(32-2)22(33-3)11-20(19)30-24(25)31-23/h4-11,13-14,29H,1-3H3,(H,28,30,31)/t14-/m1/s1. The first-order valence-electron chi connectivity index (χ1n) is 10.1. The van der Waals surface area contributed by atoms with Gasteiger partial charge in [0.2, 0.25) is 5.28 Å². The number of halogens is 1. The first-order chi connectivity index (χ1) is 16.0. The number of hydrogen-bond donors (Lipinski definition) is 2. The lowest BCUT2D eigenvalue weighted by atomic mass is 10.1.